The second kappa shape index (κ2) is 27.9. The van der Waals surface area contributed by atoms with Crippen LogP contribution in [0, 0.1) is 0 Å². The van der Waals surface area contributed by atoms with Gasteiger partial charge in [0, 0.05) is 79.0 Å². The summed E-state index contributed by atoms with van der Waals surface area (Å²) < 4.78 is 41.2. The minimum absolute atomic E-state index is 0.00228. The summed E-state index contributed by atoms with van der Waals surface area (Å²) in [4.78, 5) is 88.3. The lowest BCUT2D eigenvalue weighted by atomic mass is 10.1. The van der Waals surface area contributed by atoms with Gasteiger partial charge in [-0.15, -0.1) is 5.10 Å². The predicted octanol–water partition coefficient (Wildman–Crippen LogP) is 3.45. The number of rotatable bonds is 22. The summed E-state index contributed by atoms with van der Waals surface area (Å²) >= 11 is 0. The van der Waals surface area contributed by atoms with E-state index >= 15 is 0 Å². The number of anilines is 3. The number of carbonyl (C=O) groups is 5. The minimum Gasteiger partial charge on any atom is -0.478 e. The molecule has 2 atom stereocenters. The first-order valence-corrected chi connectivity index (χ1v) is 26.5. The van der Waals surface area contributed by atoms with Crippen LogP contribution in [0.2, 0.25) is 0 Å². The van der Waals surface area contributed by atoms with Crippen molar-refractivity contribution in [1.82, 2.24) is 59.5 Å². The highest BCUT2D eigenvalue weighted by Gasteiger charge is 2.36. The molecule has 24 heteroatoms. The fraction of sp³-hybridized carbons (Fsp3) is 0.712. The molecule has 5 heterocycles. The molecule has 76 heavy (non-hydrogen) atoms. The van der Waals surface area contributed by atoms with Crippen LogP contribution in [0.25, 0.3) is 11.2 Å². The maximum atomic E-state index is 15.0. The van der Waals surface area contributed by atoms with Crippen molar-refractivity contribution in [2.75, 3.05) is 115 Å². The van der Waals surface area contributed by atoms with Gasteiger partial charge in [-0.05, 0) is 81.2 Å². The van der Waals surface area contributed by atoms with Crippen LogP contribution >= 0.6 is 0 Å². The van der Waals surface area contributed by atoms with Gasteiger partial charge in [0.25, 0.3) is 5.88 Å². The number of imidazole rings is 1. The number of methoxy groups -OCH3 is 1. The first-order valence-electron chi connectivity index (χ1n) is 26.5. The third-order valence-electron chi connectivity index (χ3n) is 12.3. The average Bonchev–Trinajstić information content (AvgIpc) is 4.01. The first kappa shape index (κ1) is 60.9. The van der Waals surface area contributed by atoms with E-state index in [-0.39, 0.29) is 69.0 Å². The van der Waals surface area contributed by atoms with Crippen LogP contribution in [-0.2, 0) is 51.8 Å². The van der Waals surface area contributed by atoms with Gasteiger partial charge in [0.05, 0.1) is 58.4 Å². The normalized spacial score (nSPS) is 18.1. The van der Waals surface area contributed by atoms with Gasteiger partial charge >= 0.3 is 17.9 Å². The molecule has 2 fully saturated rings. The third kappa shape index (κ3) is 20.9. The molecular weight excluding hydrogens is 984 g/mol. The topological polar surface area (TPSA) is 236 Å². The van der Waals surface area contributed by atoms with E-state index < -0.39 is 34.9 Å². The molecule has 2 saturated heterocycles. The summed E-state index contributed by atoms with van der Waals surface area (Å²) in [5, 5.41) is 13.7. The zero-order chi connectivity index (χ0) is 55.8. The van der Waals surface area contributed by atoms with E-state index in [0.29, 0.717) is 94.0 Å². The molecule has 0 spiro atoms. The van der Waals surface area contributed by atoms with Crippen LogP contribution in [0.3, 0.4) is 0 Å². The Morgan fingerprint density at radius 3 is 1.72 bits per heavy atom. The summed E-state index contributed by atoms with van der Waals surface area (Å²) in [5.74, 6) is -0.589. The monoisotopic (exact) mass is 1070 g/mol. The number of nitrogens with zero attached hydrogens (tertiary/aromatic N) is 11. The predicted molar refractivity (Wildman–Crippen MR) is 287 cm³/mol. The molecule has 0 unspecified atom stereocenters. The molecule has 3 aromatic rings. The standard InChI is InChI=1S/C52H85FN14O9/c1-13-40(68)56-38-30-66(29-37(38)53)49-58-46(45-47(59-49)61(11)36-55-45)57-39-31-67(60-48(39)73-12)20-18-16-14-15-17-19-54-41(69)32-62-21-23-63(33-42(70)74-50(2,3)4)25-27-65(35-44(72)76-52(8,9)10)28-26-64(24-22-62)34-43(71)75-51(5,6)7/h13,31,36-38H,1,14-30,32-35H2,2-12H3,(H,54,69)(H,56,68)(H,57,58,59)/t37-,38-/m1/s1. The lowest BCUT2D eigenvalue weighted by Crippen LogP contribution is -2.50. The van der Waals surface area contributed by atoms with Gasteiger partial charge in [-0.3, -0.25) is 48.3 Å². The van der Waals surface area contributed by atoms with Gasteiger partial charge in [0.1, 0.15) is 28.7 Å². The van der Waals surface area contributed by atoms with Crippen molar-refractivity contribution < 1.29 is 47.3 Å². The Hall–Kier alpha value is -5.98. The number of aromatic nitrogens is 6. The fourth-order valence-electron chi connectivity index (χ4n) is 8.71. The lowest BCUT2D eigenvalue weighted by molar-refractivity contribution is -0.158. The molecule has 3 aromatic heterocycles. The molecule has 2 aliphatic heterocycles. The number of esters is 3. The second-order valence-electron chi connectivity index (χ2n) is 22.6. The Kier molecular flexibility index (Phi) is 22.3. The van der Waals surface area contributed by atoms with Crippen LogP contribution in [0.1, 0.15) is 94.4 Å². The highest BCUT2D eigenvalue weighted by Crippen LogP contribution is 2.31. The summed E-state index contributed by atoms with van der Waals surface area (Å²) in [6.07, 6.45) is 7.74. The van der Waals surface area contributed by atoms with E-state index in [1.54, 1.807) is 15.8 Å². The van der Waals surface area contributed by atoms with E-state index in [0.717, 1.165) is 38.2 Å². The lowest BCUT2D eigenvalue weighted by Gasteiger charge is -2.34. The Labute approximate surface area is 447 Å². The number of unbranched alkanes of at least 4 members (excludes halogenated alkanes) is 4. The van der Waals surface area contributed by atoms with Gasteiger partial charge < -0.3 is 44.4 Å². The molecular formula is C52H85FN14O9. The Morgan fingerprint density at radius 1 is 0.724 bits per heavy atom. The number of fused-ring (bicyclic) bond motifs is 1. The van der Waals surface area contributed by atoms with E-state index in [2.05, 4.69) is 42.5 Å². The van der Waals surface area contributed by atoms with Crippen molar-refractivity contribution in [3.05, 3.63) is 25.2 Å². The Bertz CT molecular complexity index is 2370. The number of hydrogen-bond acceptors (Lipinski definition) is 19. The van der Waals surface area contributed by atoms with Crippen LogP contribution < -0.4 is 25.6 Å². The number of hydrogen-bond donors (Lipinski definition) is 3. The highest BCUT2D eigenvalue weighted by atomic mass is 19.1. The van der Waals surface area contributed by atoms with E-state index in [1.165, 1.54) is 7.11 Å². The van der Waals surface area contributed by atoms with Gasteiger partial charge in [0.2, 0.25) is 17.8 Å². The number of nitrogens with one attached hydrogen (secondary N) is 3. The van der Waals surface area contributed by atoms with E-state index in [1.807, 2.05) is 94.9 Å². The quantitative estimate of drug-likeness (QED) is 0.0566. The molecule has 2 aliphatic rings. The molecule has 3 N–H and O–H groups in total. The molecule has 0 saturated carbocycles. The fourth-order valence-corrected chi connectivity index (χ4v) is 8.71. The molecule has 0 aliphatic carbocycles. The second-order valence-corrected chi connectivity index (χ2v) is 22.6. The Morgan fingerprint density at radius 2 is 1.22 bits per heavy atom. The zero-order valence-corrected chi connectivity index (χ0v) is 46.9. The molecule has 23 nitrogen and oxygen atoms in total. The van der Waals surface area contributed by atoms with E-state index in [4.69, 9.17) is 23.9 Å². The number of halogens is 1. The van der Waals surface area contributed by atoms with Crippen molar-refractivity contribution in [2.24, 2.45) is 7.05 Å². The summed E-state index contributed by atoms with van der Waals surface area (Å²) in [6, 6.07) is -0.736. The average molecular weight is 1070 g/mol. The number of alkyl halides is 1. The number of aryl methyl sites for hydroxylation is 2. The molecule has 424 valence electrons. The van der Waals surface area contributed by atoms with Gasteiger partial charge in [0.15, 0.2) is 17.0 Å². The zero-order valence-electron chi connectivity index (χ0n) is 46.9. The van der Waals surface area contributed by atoms with Crippen molar-refractivity contribution in [3.8, 4) is 5.88 Å². The summed E-state index contributed by atoms with van der Waals surface area (Å²) in [5.41, 5.74) is -0.346. The number of carbonyl (C=O) groups excluding carboxylic acids is 5. The van der Waals surface area contributed by atoms with E-state index in [9.17, 15) is 28.4 Å². The molecule has 2 amide bonds. The van der Waals surface area contributed by atoms with Crippen molar-refractivity contribution in [2.45, 2.75) is 130 Å². The Balaban J connectivity index is 1.12. The van der Waals surface area contributed by atoms with Crippen molar-refractivity contribution in [3.63, 3.8) is 0 Å². The number of ether oxygens (including phenoxy) is 4. The molecule has 5 rings (SSSR count). The van der Waals surface area contributed by atoms with Crippen LogP contribution in [-0.4, -0.2) is 213 Å². The van der Waals surface area contributed by atoms with Gasteiger partial charge in [-0.2, -0.15) is 9.97 Å². The van der Waals surface area contributed by atoms with Gasteiger partial charge in [-0.25, -0.2) is 9.37 Å². The van der Waals surface area contributed by atoms with Crippen LogP contribution in [0.5, 0.6) is 5.88 Å². The summed E-state index contributed by atoms with van der Waals surface area (Å²) in [6.45, 7) is 25.2. The third-order valence-corrected chi connectivity index (χ3v) is 12.3. The minimum atomic E-state index is -1.32. The molecule has 0 radical (unpaired) electrons. The van der Waals surface area contributed by atoms with Crippen LogP contribution in [0.4, 0.5) is 21.8 Å². The highest BCUT2D eigenvalue weighted by molar-refractivity contribution is 5.88. The van der Waals surface area contributed by atoms with Gasteiger partial charge in [-0.1, -0.05) is 25.8 Å². The van der Waals surface area contributed by atoms with Crippen molar-refractivity contribution >= 4 is 58.3 Å². The summed E-state index contributed by atoms with van der Waals surface area (Å²) in [7, 11) is 3.35. The molecule has 0 bridgehead atoms. The van der Waals surface area contributed by atoms with Crippen molar-refractivity contribution in [1.29, 1.82) is 0 Å². The largest absolute Gasteiger partial charge is 0.478 e. The maximum Gasteiger partial charge on any atom is 0.320 e. The SMILES string of the molecule is C=CC(=O)N[C@@H]1CN(c2nc(Nc3cn(CCCCCCCNC(=O)CN4CCN(CC(=O)OC(C)(C)C)CCN(CC(=O)OC(C)(C)C)CCN(CC(=O)OC(C)(C)C)CC4)nc3OC)c3ncn(C)c3n2)C[C@H]1F. The molecule has 0 aromatic carbocycles. The first-order chi connectivity index (χ1) is 35.8. The number of amides is 2. The maximum absolute atomic E-state index is 15.0. The smallest absolute Gasteiger partial charge is 0.320 e. The van der Waals surface area contributed by atoms with Crippen LogP contribution in [0.15, 0.2) is 25.2 Å².